The second-order valence-corrected chi connectivity index (χ2v) is 33.8. The normalized spacial score (nSPS) is 20.5. The molecular formula is C30H39Cl2Zr. The third-order valence-corrected chi connectivity index (χ3v) is 28.0. The first-order chi connectivity index (χ1) is 15.5. The second-order valence-electron chi connectivity index (χ2n) is 11.2. The molecule has 2 aliphatic rings. The van der Waals surface area contributed by atoms with Crippen LogP contribution in [0.1, 0.15) is 119 Å². The Balaban J connectivity index is 1.95. The third-order valence-electron chi connectivity index (χ3n) is 7.95. The summed E-state index contributed by atoms with van der Waals surface area (Å²) in [6.45, 7) is 16.0. The van der Waals surface area contributed by atoms with Crippen molar-refractivity contribution in [3.05, 3.63) is 81.4 Å². The Bertz CT molecular complexity index is 1120. The predicted molar refractivity (Wildman–Crippen MR) is 146 cm³/mol. The van der Waals surface area contributed by atoms with Gasteiger partial charge in [-0.15, -0.1) is 0 Å². The first-order valence-corrected chi connectivity index (χ1v) is 23.6. The van der Waals surface area contributed by atoms with E-state index in [2.05, 4.69) is 103 Å². The molecule has 0 spiro atoms. The van der Waals surface area contributed by atoms with Crippen LogP contribution < -0.4 is 0 Å². The quantitative estimate of drug-likeness (QED) is 0.315. The number of benzene rings is 2. The molecule has 0 amide bonds. The molecule has 0 fully saturated rings. The predicted octanol–water partition coefficient (Wildman–Crippen LogP) is 10.7. The van der Waals surface area contributed by atoms with Gasteiger partial charge in [-0.3, -0.25) is 0 Å². The summed E-state index contributed by atoms with van der Waals surface area (Å²) in [5.74, 6) is 1.39. The monoisotopic (exact) mass is 559 g/mol. The number of hydrogen-bond donors (Lipinski definition) is 0. The molecule has 0 heterocycles. The van der Waals surface area contributed by atoms with E-state index in [-0.39, 0.29) is 7.25 Å². The van der Waals surface area contributed by atoms with Crippen molar-refractivity contribution in [3.63, 3.8) is 0 Å². The second kappa shape index (κ2) is 9.11. The van der Waals surface area contributed by atoms with Gasteiger partial charge in [0.15, 0.2) is 0 Å². The zero-order valence-electron chi connectivity index (χ0n) is 21.3. The molecule has 0 saturated carbocycles. The Morgan fingerprint density at radius 3 is 1.88 bits per heavy atom. The average molecular weight is 562 g/mol. The number of halogens is 2. The Morgan fingerprint density at radius 1 is 0.727 bits per heavy atom. The van der Waals surface area contributed by atoms with Crippen LogP contribution in [0, 0.1) is 0 Å². The fourth-order valence-corrected chi connectivity index (χ4v) is 24.6. The fourth-order valence-electron chi connectivity index (χ4n) is 6.35. The summed E-state index contributed by atoms with van der Waals surface area (Å²) in [6.07, 6.45) is 10.4. The van der Waals surface area contributed by atoms with Gasteiger partial charge in [-0.05, 0) is 0 Å². The molecule has 33 heavy (non-hydrogen) atoms. The SMILES string of the molecule is CC[CH2][Zr]([Cl])([Cl])([CH]1C=Cc2c(C(C)C)cccc21)[CH]1C=Cc2c(C(C)C)ccc(C(C)C)c21. The van der Waals surface area contributed by atoms with E-state index in [1.165, 1.54) is 38.9 Å². The van der Waals surface area contributed by atoms with Crippen LogP contribution in [0.2, 0.25) is 4.13 Å². The van der Waals surface area contributed by atoms with Crippen LogP contribution in [-0.2, 0) is 16.4 Å². The molecule has 0 nitrogen and oxygen atoms in total. The molecule has 2 aromatic carbocycles. The van der Waals surface area contributed by atoms with Gasteiger partial charge in [0.2, 0.25) is 0 Å². The van der Waals surface area contributed by atoms with Crippen LogP contribution in [0.5, 0.6) is 0 Å². The molecule has 3 heteroatoms. The molecule has 2 unspecified atom stereocenters. The van der Waals surface area contributed by atoms with Crippen LogP contribution in [0.3, 0.4) is 0 Å². The molecule has 0 N–H and O–H groups in total. The molecule has 0 aromatic heterocycles. The molecule has 2 aliphatic carbocycles. The Labute approximate surface area is 209 Å². The Kier molecular flexibility index (Phi) is 7.04. The number of allylic oxidation sites excluding steroid dienone is 2. The summed E-state index contributed by atoms with van der Waals surface area (Å²) in [4.78, 5) is 0. The average Bonchev–Trinajstić information content (AvgIpc) is 3.38. The number of rotatable bonds is 7. The molecule has 2 atom stereocenters. The van der Waals surface area contributed by atoms with Gasteiger partial charge in [0.05, 0.1) is 0 Å². The Hall–Kier alpha value is -0.617. The van der Waals surface area contributed by atoms with Crippen LogP contribution in [0.15, 0.2) is 42.5 Å². The standard InChI is InChI=1S/C15H19.C12H13.C3H7.2ClH.Zr/c1-10(2)12-8-9-13(11(3)4)15-7-5-6-14(12)15;1-9(2)11-7-3-5-10-6-4-8-12(10)11;1-3-2;;;/h5-11H,1-4H3;3-9H,1-2H3;1,3H2,2H3;2*1H;/q;;;;;+2/p-2. The van der Waals surface area contributed by atoms with Crippen molar-refractivity contribution in [3.8, 4) is 0 Å². The summed E-state index contributed by atoms with van der Waals surface area (Å²) in [5, 5.41) is 0. The van der Waals surface area contributed by atoms with E-state index in [0.29, 0.717) is 17.8 Å². The van der Waals surface area contributed by atoms with Crippen molar-refractivity contribution < 1.29 is 16.4 Å². The van der Waals surface area contributed by atoms with Crippen molar-refractivity contribution in [2.24, 2.45) is 0 Å². The topological polar surface area (TPSA) is 0 Å². The molecule has 4 rings (SSSR count). The van der Waals surface area contributed by atoms with Gasteiger partial charge in [0.1, 0.15) is 0 Å². The van der Waals surface area contributed by atoms with Crippen molar-refractivity contribution in [1.82, 2.24) is 0 Å². The van der Waals surface area contributed by atoms with Crippen LogP contribution in [0.4, 0.5) is 0 Å². The molecule has 0 bridgehead atoms. The van der Waals surface area contributed by atoms with E-state index in [9.17, 15) is 0 Å². The van der Waals surface area contributed by atoms with Crippen molar-refractivity contribution in [1.29, 1.82) is 0 Å². The van der Waals surface area contributed by atoms with E-state index in [1.54, 1.807) is 0 Å². The molecule has 2 aromatic rings. The van der Waals surface area contributed by atoms with Crippen molar-refractivity contribution >= 4 is 29.2 Å². The summed E-state index contributed by atoms with van der Waals surface area (Å²) in [7, 11) is 16.2. The van der Waals surface area contributed by atoms with Gasteiger partial charge >= 0.3 is 211 Å². The van der Waals surface area contributed by atoms with Gasteiger partial charge in [0.25, 0.3) is 0 Å². The van der Waals surface area contributed by atoms with Crippen molar-refractivity contribution in [2.45, 2.75) is 84.0 Å². The fraction of sp³-hybridized carbons (Fsp3) is 0.467. The summed E-state index contributed by atoms with van der Waals surface area (Å²) >= 11 is -4.49. The maximum absolute atomic E-state index is 8.08. The molecular weight excluding hydrogens is 522 g/mol. The van der Waals surface area contributed by atoms with Gasteiger partial charge in [-0.25, -0.2) is 0 Å². The zero-order chi connectivity index (χ0) is 24.2. The Morgan fingerprint density at radius 2 is 1.27 bits per heavy atom. The van der Waals surface area contributed by atoms with Crippen LogP contribution in [0.25, 0.3) is 12.2 Å². The molecule has 0 aliphatic heterocycles. The summed E-state index contributed by atoms with van der Waals surface area (Å²) in [6, 6.07) is 11.4. The number of hydrogen-bond acceptors (Lipinski definition) is 0. The van der Waals surface area contributed by atoms with E-state index >= 15 is 0 Å². The van der Waals surface area contributed by atoms with Gasteiger partial charge in [-0.2, -0.15) is 0 Å². The van der Waals surface area contributed by atoms with Gasteiger partial charge in [0, 0.05) is 0 Å². The van der Waals surface area contributed by atoms with Crippen molar-refractivity contribution in [2.75, 3.05) is 0 Å². The molecule has 0 radical (unpaired) electrons. The van der Waals surface area contributed by atoms with Crippen LogP contribution in [-0.4, -0.2) is 0 Å². The van der Waals surface area contributed by atoms with Gasteiger partial charge < -0.3 is 0 Å². The maximum atomic E-state index is 8.08. The first kappa shape index (κ1) is 25.5. The first-order valence-electron chi connectivity index (χ1n) is 12.7. The molecule has 177 valence electrons. The molecule has 0 saturated heterocycles. The minimum atomic E-state index is -4.49. The van der Waals surface area contributed by atoms with Crippen LogP contribution >= 0.6 is 17.0 Å². The van der Waals surface area contributed by atoms with Gasteiger partial charge in [-0.1, -0.05) is 0 Å². The summed E-state index contributed by atoms with van der Waals surface area (Å²) in [5.41, 5.74) is 9.77. The van der Waals surface area contributed by atoms with E-state index in [0.717, 1.165) is 10.5 Å². The van der Waals surface area contributed by atoms with E-state index < -0.39 is 16.4 Å². The minimum absolute atomic E-state index is 0.143. The summed E-state index contributed by atoms with van der Waals surface area (Å²) < 4.78 is 1.22. The number of fused-ring (bicyclic) bond motifs is 2. The van der Waals surface area contributed by atoms with E-state index in [4.69, 9.17) is 17.0 Å². The zero-order valence-corrected chi connectivity index (χ0v) is 25.2. The van der Waals surface area contributed by atoms with E-state index in [1.807, 2.05) is 0 Å². The third kappa shape index (κ3) is 4.09.